The zero-order valence-electron chi connectivity index (χ0n) is 21.0. The molecule has 1 N–H and O–H groups in total. The highest BCUT2D eigenvalue weighted by Gasteiger charge is 2.59. The summed E-state index contributed by atoms with van der Waals surface area (Å²) in [5.74, 6) is 0.668. The molecule has 4 atom stereocenters. The number of benzene rings is 1. The first-order valence-electron chi connectivity index (χ1n) is 12.3. The summed E-state index contributed by atoms with van der Waals surface area (Å²) < 4.78 is 15.8. The van der Waals surface area contributed by atoms with E-state index in [1.807, 2.05) is 32.0 Å². The molecule has 4 heterocycles. The summed E-state index contributed by atoms with van der Waals surface area (Å²) in [6, 6.07) is 5.88. The summed E-state index contributed by atoms with van der Waals surface area (Å²) in [5, 5.41) is 7.77. The van der Waals surface area contributed by atoms with Crippen molar-refractivity contribution in [3.05, 3.63) is 47.1 Å². The first-order chi connectivity index (χ1) is 16.9. The number of fused-ring (bicyclic) bond motifs is 3. The molecule has 0 unspecified atom stereocenters. The smallest absolute Gasteiger partial charge is 0.337 e. The number of hydrogen-bond donors (Lipinski definition) is 1. The van der Waals surface area contributed by atoms with Gasteiger partial charge in [-0.15, -0.1) is 0 Å². The zero-order valence-corrected chi connectivity index (χ0v) is 21.0. The number of ether oxygens (including phenoxy) is 2. The number of nitrogens with zero attached hydrogens (tertiary/aromatic N) is 2. The lowest BCUT2D eigenvalue weighted by Gasteiger charge is -2.45. The van der Waals surface area contributed by atoms with E-state index in [2.05, 4.69) is 22.3 Å². The molecule has 1 aromatic heterocycles. The van der Waals surface area contributed by atoms with Gasteiger partial charge in [0.05, 0.1) is 37.3 Å². The number of esters is 1. The Morgan fingerprint density at radius 1 is 1.31 bits per heavy atom. The van der Waals surface area contributed by atoms with Crippen LogP contribution in [0.1, 0.15) is 48.0 Å². The summed E-state index contributed by atoms with van der Waals surface area (Å²) in [7, 11) is 2.94. The van der Waals surface area contributed by atoms with Crippen molar-refractivity contribution in [3.63, 3.8) is 0 Å². The van der Waals surface area contributed by atoms with Crippen LogP contribution in [0.4, 0.5) is 5.69 Å². The van der Waals surface area contributed by atoms with Gasteiger partial charge >= 0.3 is 5.97 Å². The van der Waals surface area contributed by atoms with Crippen molar-refractivity contribution in [2.24, 2.45) is 11.8 Å². The molecule has 0 saturated carbocycles. The second-order valence-corrected chi connectivity index (χ2v) is 9.92. The molecule has 0 aliphatic carbocycles. The third kappa shape index (κ3) is 3.49. The number of anilines is 1. The van der Waals surface area contributed by atoms with Crippen molar-refractivity contribution in [1.82, 2.24) is 10.1 Å². The molecule has 2 fully saturated rings. The van der Waals surface area contributed by atoms with Crippen LogP contribution in [0.15, 0.2) is 34.6 Å². The predicted octanol–water partition coefficient (Wildman–Crippen LogP) is 4.13. The van der Waals surface area contributed by atoms with Crippen LogP contribution < -0.4 is 5.32 Å². The summed E-state index contributed by atoms with van der Waals surface area (Å²) in [5.41, 5.74) is 3.88. The van der Waals surface area contributed by atoms with Gasteiger partial charge < -0.3 is 19.3 Å². The summed E-state index contributed by atoms with van der Waals surface area (Å²) >= 11 is 0. The second-order valence-electron chi connectivity index (χ2n) is 9.92. The Labute approximate surface area is 205 Å². The Morgan fingerprint density at radius 3 is 2.77 bits per heavy atom. The number of ketones is 1. The molecule has 2 saturated heterocycles. The minimum atomic E-state index is -0.733. The molecule has 0 amide bonds. The molecule has 8 heteroatoms. The molecule has 2 aromatic rings. The number of carbonyl (C=O) groups excluding carboxylic acids is 2. The number of nitrogens with one attached hydrogen (secondary N) is 1. The van der Waals surface area contributed by atoms with Crippen LogP contribution in [0, 0.1) is 25.7 Å². The summed E-state index contributed by atoms with van der Waals surface area (Å²) in [4.78, 5) is 29.4. The standard InChI is InChI=1S/C27H33N3O5/c1-6-17-13-30-11-10-27(22(30)12-19(17)20(14-33-4)26(32)34-5)25(31)24-18(8-7-9-21(24)28-27)23-15(2)29-35-16(23)3/h7-9,14,17,19,22,28H,6,10-13H2,1-5H3/b20-14+/t17-,19+,22+,27+/m1/s1. The van der Waals surface area contributed by atoms with E-state index in [1.165, 1.54) is 13.4 Å². The van der Waals surface area contributed by atoms with E-state index in [9.17, 15) is 9.59 Å². The number of aryl methyl sites for hydroxylation is 2. The van der Waals surface area contributed by atoms with E-state index >= 15 is 0 Å². The van der Waals surface area contributed by atoms with Gasteiger partial charge in [0.25, 0.3) is 0 Å². The average Bonchev–Trinajstić information content (AvgIpc) is 3.49. The highest BCUT2D eigenvalue weighted by atomic mass is 16.5. The number of methoxy groups -OCH3 is 2. The van der Waals surface area contributed by atoms with Gasteiger partial charge in [0.2, 0.25) is 0 Å². The van der Waals surface area contributed by atoms with Gasteiger partial charge in [-0.05, 0) is 44.6 Å². The Balaban J connectivity index is 1.54. The van der Waals surface area contributed by atoms with Crippen molar-refractivity contribution >= 4 is 17.4 Å². The topological polar surface area (TPSA) is 93.9 Å². The fourth-order valence-electron chi connectivity index (χ4n) is 6.62. The van der Waals surface area contributed by atoms with E-state index in [4.69, 9.17) is 14.0 Å². The minimum absolute atomic E-state index is 0.0439. The lowest BCUT2D eigenvalue weighted by Crippen LogP contribution is -2.57. The van der Waals surface area contributed by atoms with Gasteiger partial charge in [0.15, 0.2) is 5.78 Å². The molecule has 0 radical (unpaired) electrons. The second kappa shape index (κ2) is 8.82. The Hall–Kier alpha value is -3.13. The number of Topliss-reactive ketones (excluding diaryl/α,β-unsaturated/α-hetero) is 1. The number of aromatic nitrogens is 1. The lowest BCUT2D eigenvalue weighted by molar-refractivity contribution is -0.137. The third-order valence-corrected chi connectivity index (χ3v) is 8.27. The molecule has 1 aromatic carbocycles. The Kier molecular flexibility index (Phi) is 5.95. The average molecular weight is 480 g/mol. The molecular formula is C27H33N3O5. The van der Waals surface area contributed by atoms with Crippen LogP contribution in [0.25, 0.3) is 11.1 Å². The SMILES string of the molecule is CC[C@@H]1CN2CC[C@]3(Nc4cccc(-c5c(C)noc5C)c4C3=O)[C@@H]2C[C@@H]1/C(=C\OC)C(=O)OC. The monoisotopic (exact) mass is 479 g/mol. The quantitative estimate of drug-likeness (QED) is 0.389. The van der Waals surface area contributed by atoms with Crippen LogP contribution in [-0.2, 0) is 14.3 Å². The van der Waals surface area contributed by atoms with E-state index in [-0.39, 0.29) is 29.6 Å². The van der Waals surface area contributed by atoms with Crippen LogP contribution in [0.5, 0.6) is 0 Å². The molecule has 186 valence electrons. The zero-order chi connectivity index (χ0) is 24.9. The van der Waals surface area contributed by atoms with Crippen molar-refractivity contribution in [3.8, 4) is 11.1 Å². The van der Waals surface area contributed by atoms with Crippen molar-refractivity contribution in [2.75, 3.05) is 32.6 Å². The largest absolute Gasteiger partial charge is 0.504 e. The maximum Gasteiger partial charge on any atom is 0.337 e. The van der Waals surface area contributed by atoms with Crippen molar-refractivity contribution < 1.29 is 23.6 Å². The summed E-state index contributed by atoms with van der Waals surface area (Å²) in [6.45, 7) is 7.59. The fourth-order valence-corrected chi connectivity index (χ4v) is 6.62. The molecule has 5 rings (SSSR count). The number of hydrogen-bond acceptors (Lipinski definition) is 8. The predicted molar refractivity (Wildman–Crippen MR) is 131 cm³/mol. The van der Waals surface area contributed by atoms with Gasteiger partial charge in [-0.2, -0.15) is 0 Å². The van der Waals surface area contributed by atoms with Gasteiger partial charge in [-0.25, -0.2) is 4.79 Å². The highest BCUT2D eigenvalue weighted by molar-refractivity contribution is 6.18. The van der Waals surface area contributed by atoms with Crippen molar-refractivity contribution in [2.45, 2.75) is 51.6 Å². The first-order valence-corrected chi connectivity index (χ1v) is 12.3. The van der Waals surface area contributed by atoms with E-state index in [0.717, 1.165) is 48.4 Å². The fraction of sp³-hybridized carbons (Fsp3) is 0.519. The third-order valence-electron chi connectivity index (χ3n) is 8.27. The van der Waals surface area contributed by atoms with Gasteiger partial charge in [-0.3, -0.25) is 9.69 Å². The van der Waals surface area contributed by atoms with Gasteiger partial charge in [0, 0.05) is 35.9 Å². The molecule has 35 heavy (non-hydrogen) atoms. The lowest BCUT2D eigenvalue weighted by atomic mass is 9.71. The van der Waals surface area contributed by atoms with E-state index < -0.39 is 5.54 Å². The van der Waals surface area contributed by atoms with Crippen LogP contribution in [-0.4, -0.2) is 60.7 Å². The number of carbonyl (C=O) groups is 2. The summed E-state index contributed by atoms with van der Waals surface area (Å²) in [6.07, 6.45) is 3.84. The first kappa shape index (κ1) is 23.6. The van der Waals surface area contributed by atoms with Gasteiger partial charge in [0.1, 0.15) is 11.3 Å². The van der Waals surface area contributed by atoms with Crippen LogP contribution >= 0.6 is 0 Å². The molecule has 8 nitrogen and oxygen atoms in total. The minimum Gasteiger partial charge on any atom is -0.504 e. The maximum atomic E-state index is 14.3. The molecule has 0 bridgehead atoms. The molecule has 1 spiro atoms. The van der Waals surface area contributed by atoms with Gasteiger partial charge in [-0.1, -0.05) is 30.6 Å². The maximum absolute atomic E-state index is 14.3. The number of rotatable bonds is 5. The molecule has 3 aliphatic heterocycles. The van der Waals surface area contributed by atoms with Crippen LogP contribution in [0.2, 0.25) is 0 Å². The number of piperidine rings is 1. The van der Waals surface area contributed by atoms with E-state index in [0.29, 0.717) is 23.3 Å². The van der Waals surface area contributed by atoms with E-state index in [1.54, 1.807) is 7.11 Å². The Morgan fingerprint density at radius 2 is 2.11 bits per heavy atom. The van der Waals surface area contributed by atoms with Crippen LogP contribution in [0.3, 0.4) is 0 Å². The molecular weight excluding hydrogens is 446 g/mol. The Bertz CT molecular complexity index is 1180. The van der Waals surface area contributed by atoms with Crippen molar-refractivity contribution in [1.29, 1.82) is 0 Å². The normalized spacial score (nSPS) is 28.1. The highest BCUT2D eigenvalue weighted by Crippen LogP contribution is 2.50. The molecule has 3 aliphatic rings.